The van der Waals surface area contributed by atoms with Gasteiger partial charge in [-0.1, -0.05) is 36.4 Å². The number of rotatable bonds is 11. The van der Waals surface area contributed by atoms with Crippen LogP contribution in [0.2, 0.25) is 0 Å². The van der Waals surface area contributed by atoms with Crippen LogP contribution in [0.15, 0.2) is 60.7 Å². The number of nitrogens with two attached hydrogens (primary N) is 1. The lowest BCUT2D eigenvalue weighted by Crippen LogP contribution is -2.23. The van der Waals surface area contributed by atoms with Crippen LogP contribution in [0, 0.1) is 10.1 Å². The zero-order chi connectivity index (χ0) is 23.8. The maximum absolute atomic E-state index is 11.8. The standard InChI is InChI=1S/C25H29N3O5/c1-31-22-10-8-20(9-11-22)16-27(15-19-6-4-18(14-26)5-7-19)17-21-12-24(32-2)25(33-3)13-23(21)28(29)30/h4-13H,14-17,26H2,1-3H3. The number of hydrogen-bond acceptors (Lipinski definition) is 7. The molecular formula is C25H29N3O5. The molecule has 0 atom stereocenters. The summed E-state index contributed by atoms with van der Waals surface area (Å²) in [6.07, 6.45) is 0. The summed E-state index contributed by atoms with van der Waals surface area (Å²) in [4.78, 5) is 13.6. The first-order valence-corrected chi connectivity index (χ1v) is 10.5. The number of ether oxygens (including phenoxy) is 3. The Hall–Kier alpha value is -3.62. The first kappa shape index (κ1) is 24.0. The van der Waals surface area contributed by atoms with Crippen LogP contribution in [0.25, 0.3) is 0 Å². The van der Waals surface area contributed by atoms with Gasteiger partial charge in [0, 0.05) is 31.7 Å². The minimum atomic E-state index is -0.390. The lowest BCUT2D eigenvalue weighted by Gasteiger charge is -2.23. The molecule has 8 nitrogen and oxygen atoms in total. The van der Waals surface area contributed by atoms with E-state index in [1.54, 1.807) is 13.2 Å². The summed E-state index contributed by atoms with van der Waals surface area (Å²) < 4.78 is 15.9. The number of benzene rings is 3. The van der Waals surface area contributed by atoms with E-state index in [9.17, 15) is 10.1 Å². The van der Waals surface area contributed by atoms with Crippen molar-refractivity contribution in [2.24, 2.45) is 5.73 Å². The van der Waals surface area contributed by atoms with Crippen LogP contribution in [0.5, 0.6) is 17.2 Å². The number of nitro benzene ring substituents is 1. The Balaban J connectivity index is 1.94. The summed E-state index contributed by atoms with van der Waals surface area (Å²) >= 11 is 0. The van der Waals surface area contributed by atoms with Crippen LogP contribution in [0.3, 0.4) is 0 Å². The van der Waals surface area contributed by atoms with Gasteiger partial charge >= 0.3 is 0 Å². The topological polar surface area (TPSA) is 100 Å². The lowest BCUT2D eigenvalue weighted by molar-refractivity contribution is -0.385. The Kier molecular flexibility index (Phi) is 8.23. The Labute approximate surface area is 193 Å². The Morgan fingerprint density at radius 3 is 1.79 bits per heavy atom. The lowest BCUT2D eigenvalue weighted by atomic mass is 10.1. The third kappa shape index (κ3) is 6.21. The molecule has 8 heteroatoms. The van der Waals surface area contributed by atoms with E-state index in [2.05, 4.69) is 4.90 Å². The van der Waals surface area contributed by atoms with Crippen molar-refractivity contribution < 1.29 is 19.1 Å². The molecule has 0 amide bonds. The average molecular weight is 452 g/mol. The second-order valence-corrected chi connectivity index (χ2v) is 7.61. The number of nitro groups is 1. The van der Waals surface area contributed by atoms with Crippen molar-refractivity contribution in [3.05, 3.63) is 93.0 Å². The van der Waals surface area contributed by atoms with Gasteiger partial charge in [0.2, 0.25) is 0 Å². The summed E-state index contributed by atoms with van der Waals surface area (Å²) in [5, 5.41) is 11.8. The Morgan fingerprint density at radius 1 is 0.788 bits per heavy atom. The second kappa shape index (κ2) is 11.3. The van der Waals surface area contributed by atoms with Gasteiger partial charge in [-0.05, 0) is 34.9 Å². The second-order valence-electron chi connectivity index (χ2n) is 7.61. The van der Waals surface area contributed by atoms with E-state index in [-0.39, 0.29) is 10.6 Å². The van der Waals surface area contributed by atoms with Gasteiger partial charge in [0.25, 0.3) is 5.69 Å². The normalized spacial score (nSPS) is 10.8. The maximum atomic E-state index is 11.8. The number of hydrogen-bond donors (Lipinski definition) is 1. The van der Waals surface area contributed by atoms with Crippen LogP contribution in [-0.4, -0.2) is 31.2 Å². The predicted octanol–water partition coefficient (Wildman–Crippen LogP) is 4.28. The van der Waals surface area contributed by atoms with E-state index >= 15 is 0 Å². The molecule has 3 aromatic carbocycles. The van der Waals surface area contributed by atoms with Crippen LogP contribution in [0.1, 0.15) is 22.3 Å². The van der Waals surface area contributed by atoms with Crippen molar-refractivity contribution >= 4 is 5.69 Å². The Morgan fingerprint density at radius 2 is 1.30 bits per heavy atom. The third-order valence-electron chi connectivity index (χ3n) is 5.41. The number of nitrogens with zero attached hydrogens (tertiary/aromatic N) is 2. The van der Waals surface area contributed by atoms with Gasteiger partial charge in [0.1, 0.15) is 5.75 Å². The van der Waals surface area contributed by atoms with Crippen molar-refractivity contribution in [2.45, 2.75) is 26.2 Å². The molecule has 0 aliphatic rings. The van der Waals surface area contributed by atoms with Gasteiger partial charge in [-0.25, -0.2) is 0 Å². The molecule has 33 heavy (non-hydrogen) atoms. The molecular weight excluding hydrogens is 422 g/mol. The van der Waals surface area contributed by atoms with Gasteiger partial charge in [-0.15, -0.1) is 0 Å². The van der Waals surface area contributed by atoms with Crippen molar-refractivity contribution in [1.82, 2.24) is 4.90 Å². The fraction of sp³-hybridized carbons (Fsp3) is 0.280. The molecule has 0 spiro atoms. The summed E-state index contributed by atoms with van der Waals surface area (Å²) in [6, 6.07) is 19.0. The quantitative estimate of drug-likeness (QED) is 0.343. The SMILES string of the molecule is COc1ccc(CN(Cc2ccc(CN)cc2)Cc2cc(OC)c(OC)cc2[N+](=O)[O-])cc1. The first-order valence-electron chi connectivity index (χ1n) is 10.5. The van der Waals surface area contributed by atoms with Crippen LogP contribution in [-0.2, 0) is 26.2 Å². The molecule has 0 aromatic heterocycles. The molecule has 0 radical (unpaired) electrons. The molecule has 3 aromatic rings. The highest BCUT2D eigenvalue weighted by molar-refractivity contribution is 5.54. The minimum absolute atomic E-state index is 0.00846. The van der Waals surface area contributed by atoms with E-state index in [1.807, 2.05) is 48.5 Å². The molecule has 0 heterocycles. The first-order chi connectivity index (χ1) is 16.0. The molecule has 2 N–H and O–H groups in total. The van der Waals surface area contributed by atoms with E-state index in [4.69, 9.17) is 19.9 Å². The smallest absolute Gasteiger partial charge is 0.277 e. The fourth-order valence-electron chi connectivity index (χ4n) is 3.64. The summed E-state index contributed by atoms with van der Waals surface area (Å²) in [6.45, 7) is 2.02. The molecule has 3 rings (SSSR count). The largest absolute Gasteiger partial charge is 0.497 e. The van der Waals surface area contributed by atoms with E-state index in [0.717, 1.165) is 22.4 Å². The van der Waals surface area contributed by atoms with Crippen molar-refractivity contribution in [1.29, 1.82) is 0 Å². The molecule has 0 saturated carbocycles. The van der Waals surface area contributed by atoms with Crippen molar-refractivity contribution in [2.75, 3.05) is 21.3 Å². The van der Waals surface area contributed by atoms with E-state index in [0.29, 0.717) is 43.2 Å². The van der Waals surface area contributed by atoms with Crippen LogP contribution < -0.4 is 19.9 Å². The van der Waals surface area contributed by atoms with Crippen LogP contribution >= 0.6 is 0 Å². The van der Waals surface area contributed by atoms with E-state index < -0.39 is 0 Å². The zero-order valence-electron chi connectivity index (χ0n) is 19.1. The van der Waals surface area contributed by atoms with Gasteiger partial charge in [-0.3, -0.25) is 15.0 Å². The van der Waals surface area contributed by atoms with Gasteiger partial charge in [-0.2, -0.15) is 0 Å². The molecule has 0 aliphatic heterocycles. The fourth-order valence-corrected chi connectivity index (χ4v) is 3.64. The molecule has 174 valence electrons. The molecule has 0 bridgehead atoms. The summed E-state index contributed by atoms with van der Waals surface area (Å²) in [7, 11) is 4.60. The highest BCUT2D eigenvalue weighted by Gasteiger charge is 2.22. The van der Waals surface area contributed by atoms with Crippen molar-refractivity contribution in [3.8, 4) is 17.2 Å². The van der Waals surface area contributed by atoms with E-state index in [1.165, 1.54) is 20.3 Å². The summed E-state index contributed by atoms with van der Waals surface area (Å²) in [5.41, 5.74) is 9.46. The highest BCUT2D eigenvalue weighted by Crippen LogP contribution is 2.35. The predicted molar refractivity (Wildman–Crippen MR) is 126 cm³/mol. The van der Waals surface area contributed by atoms with Gasteiger partial charge in [0.05, 0.1) is 32.3 Å². The molecule has 0 fully saturated rings. The molecule has 0 saturated heterocycles. The van der Waals surface area contributed by atoms with Crippen LogP contribution in [0.4, 0.5) is 5.69 Å². The van der Waals surface area contributed by atoms with Gasteiger partial charge in [0.15, 0.2) is 11.5 Å². The number of methoxy groups -OCH3 is 3. The monoisotopic (exact) mass is 451 g/mol. The molecule has 0 unspecified atom stereocenters. The maximum Gasteiger partial charge on any atom is 0.277 e. The minimum Gasteiger partial charge on any atom is -0.497 e. The third-order valence-corrected chi connectivity index (χ3v) is 5.41. The molecule has 0 aliphatic carbocycles. The Bertz CT molecular complexity index is 1020. The summed E-state index contributed by atoms with van der Waals surface area (Å²) in [5.74, 6) is 1.56. The zero-order valence-corrected chi connectivity index (χ0v) is 19.1. The average Bonchev–Trinajstić information content (AvgIpc) is 2.84. The highest BCUT2D eigenvalue weighted by atomic mass is 16.6. The van der Waals surface area contributed by atoms with Gasteiger partial charge < -0.3 is 19.9 Å². The van der Waals surface area contributed by atoms with Crippen molar-refractivity contribution in [3.63, 3.8) is 0 Å².